The zero-order chi connectivity index (χ0) is 80.8. The van der Waals surface area contributed by atoms with Gasteiger partial charge in [0, 0.05) is 19.3 Å². The first-order valence-corrected chi connectivity index (χ1v) is 46.8. The summed E-state index contributed by atoms with van der Waals surface area (Å²) in [5.74, 6) is -1.59. The molecule has 0 aromatic carbocycles. The van der Waals surface area contributed by atoms with Crippen LogP contribution in [-0.2, 0) is 55.8 Å². The third-order valence-corrected chi connectivity index (χ3v) is 20.1. The van der Waals surface area contributed by atoms with E-state index in [-0.39, 0.29) is 19.3 Å². The van der Waals surface area contributed by atoms with Crippen LogP contribution in [-0.4, -0.2) is 95.9 Å². The van der Waals surface area contributed by atoms with Crippen LogP contribution >= 0.6 is 15.6 Å². The number of hydrogen-bond acceptors (Lipinski definition) is 14. The summed E-state index contributed by atoms with van der Waals surface area (Å²) >= 11 is 0. The Morgan fingerprint density at radius 3 is 0.766 bits per heavy atom. The number of ether oxygens (including phenoxy) is 3. The smallest absolute Gasteiger partial charge is 0.463 e. The van der Waals surface area contributed by atoms with Crippen LogP contribution in [0, 0.1) is 0 Å². The molecule has 0 fully saturated rings. The van der Waals surface area contributed by atoms with Gasteiger partial charge in [0.2, 0.25) is 0 Å². The van der Waals surface area contributed by atoms with Gasteiger partial charge in [0.1, 0.15) is 25.4 Å². The average Bonchev–Trinajstić information content (AvgIpc) is 0.908. The van der Waals surface area contributed by atoms with Gasteiger partial charge >= 0.3 is 33.6 Å². The Morgan fingerprint density at radius 2 is 0.477 bits per heavy atom. The molecule has 16 nitrogen and oxygen atoms in total. The van der Waals surface area contributed by atoms with E-state index in [0.717, 1.165) is 173 Å². The van der Waals surface area contributed by atoms with E-state index in [1.807, 2.05) is 0 Å². The minimum Gasteiger partial charge on any atom is -0.463 e. The Bertz CT molecular complexity index is 2650. The van der Waals surface area contributed by atoms with Gasteiger partial charge in [-0.3, -0.25) is 32.5 Å². The average molecular weight is 1590 g/mol. The minimum absolute atomic E-state index is 0.0915. The van der Waals surface area contributed by atoms with Crippen molar-refractivity contribution >= 4 is 33.6 Å². The molecule has 0 aliphatic rings. The quantitative estimate of drug-likeness (QED) is 0.0146. The lowest BCUT2D eigenvalue weighted by Gasteiger charge is -2.21. The number of aliphatic hydroxyl groups excluding tert-OH is 2. The fraction of sp³-hybridized carbons (Fsp3) is 0.688. The molecule has 0 amide bonds. The van der Waals surface area contributed by atoms with Gasteiger partial charge in [0.25, 0.3) is 0 Å². The van der Waals surface area contributed by atoms with Crippen molar-refractivity contribution in [2.75, 3.05) is 39.6 Å². The standard InChI is InChI=1S/C93H158O16P2/c1-4-7-10-13-16-19-22-25-28-30-32-34-36-38-40-42-43-45-47-48-50-52-54-56-59-61-64-67-70-73-76-79-91(96)103-82-88(94)83-105-110(99,100)106-84-89(95)85-107-111(101,102)108-87-90(109-93(98)81-78-75-72-69-66-63-58-27-24-21-18-15-12-9-6-3)86-104-92(97)80-77-74-71-68-65-62-60-57-55-53-51-49-46-44-41-39-37-35-33-31-29-26-23-20-17-14-11-8-5-2/h7-8,10-11,16-17,19-20,25-29,32-35,38-41,43,45-46,49,58,88-90,94-95H,4-6,9,12-15,18,21-24,30-31,36-37,42,44,47-48,50-57,59-87H2,1-3H3,(H,99,100)(H,101,102)/b10-7-,11-8-,19-16-,20-17-,28-25-,29-26-,34-32-,35-33-,40-38-,41-39-,45-43-,49-46-,58-27-. The highest BCUT2D eigenvalue weighted by Crippen LogP contribution is 2.45. The van der Waals surface area contributed by atoms with E-state index in [9.17, 15) is 43.5 Å². The zero-order valence-corrected chi connectivity index (χ0v) is 71.6. The largest absolute Gasteiger partial charge is 0.472 e. The van der Waals surface area contributed by atoms with Gasteiger partial charge < -0.3 is 34.2 Å². The zero-order valence-electron chi connectivity index (χ0n) is 69.8. The molecular weight excluding hydrogens is 1430 g/mol. The lowest BCUT2D eigenvalue weighted by molar-refractivity contribution is -0.161. The normalized spacial score (nSPS) is 14.6. The molecule has 5 atom stereocenters. The second kappa shape index (κ2) is 84.6. The van der Waals surface area contributed by atoms with Crippen molar-refractivity contribution in [2.45, 2.75) is 373 Å². The van der Waals surface area contributed by atoms with Crippen LogP contribution in [0.1, 0.15) is 355 Å². The van der Waals surface area contributed by atoms with Crippen LogP contribution in [0.3, 0.4) is 0 Å². The Morgan fingerprint density at radius 1 is 0.261 bits per heavy atom. The first-order valence-electron chi connectivity index (χ1n) is 43.8. The summed E-state index contributed by atoms with van der Waals surface area (Å²) in [4.78, 5) is 58.8. The molecule has 5 unspecified atom stereocenters. The lowest BCUT2D eigenvalue weighted by atomic mass is 10.0. The summed E-state index contributed by atoms with van der Waals surface area (Å²) < 4.78 is 61.3. The molecule has 0 aliphatic carbocycles. The summed E-state index contributed by atoms with van der Waals surface area (Å²) in [6, 6.07) is 0. The van der Waals surface area contributed by atoms with Gasteiger partial charge in [-0.1, -0.05) is 346 Å². The van der Waals surface area contributed by atoms with E-state index < -0.39 is 91.5 Å². The number of carbonyl (C=O) groups is 3. The van der Waals surface area contributed by atoms with Gasteiger partial charge in [0.05, 0.1) is 26.4 Å². The summed E-state index contributed by atoms with van der Waals surface area (Å²) in [6.07, 6.45) is 107. The van der Waals surface area contributed by atoms with Crippen molar-refractivity contribution in [1.82, 2.24) is 0 Å². The molecule has 111 heavy (non-hydrogen) atoms. The number of carbonyl (C=O) groups excluding carboxylic acids is 3. The van der Waals surface area contributed by atoms with E-state index in [1.54, 1.807) is 0 Å². The Hall–Kier alpha value is -4.83. The van der Waals surface area contributed by atoms with E-state index in [0.29, 0.717) is 19.3 Å². The van der Waals surface area contributed by atoms with Crippen LogP contribution in [0.5, 0.6) is 0 Å². The fourth-order valence-corrected chi connectivity index (χ4v) is 13.2. The van der Waals surface area contributed by atoms with Crippen LogP contribution in [0.15, 0.2) is 158 Å². The molecule has 0 saturated heterocycles. The van der Waals surface area contributed by atoms with Crippen molar-refractivity contribution < 1.29 is 75.8 Å². The van der Waals surface area contributed by atoms with Gasteiger partial charge in [-0.2, -0.15) is 0 Å². The molecule has 0 aromatic heterocycles. The van der Waals surface area contributed by atoms with Crippen molar-refractivity contribution in [1.29, 1.82) is 0 Å². The predicted molar refractivity (Wildman–Crippen MR) is 463 cm³/mol. The minimum atomic E-state index is -4.94. The van der Waals surface area contributed by atoms with Crippen LogP contribution in [0.4, 0.5) is 0 Å². The molecule has 0 aromatic rings. The van der Waals surface area contributed by atoms with E-state index in [2.05, 4.69) is 179 Å². The second-order valence-corrected chi connectivity index (χ2v) is 31.8. The van der Waals surface area contributed by atoms with Crippen molar-refractivity contribution in [3.05, 3.63) is 158 Å². The summed E-state index contributed by atoms with van der Waals surface area (Å²) in [5.41, 5.74) is 0. The lowest BCUT2D eigenvalue weighted by Crippen LogP contribution is -2.30. The topological polar surface area (TPSA) is 231 Å². The number of aliphatic hydroxyl groups is 2. The highest BCUT2D eigenvalue weighted by molar-refractivity contribution is 7.47. The number of rotatable bonds is 82. The number of allylic oxidation sites excluding steroid dienone is 26. The number of phosphoric acid groups is 2. The second-order valence-electron chi connectivity index (χ2n) is 28.9. The SMILES string of the molecule is CC/C=C\C/C=C\C/C=C\C/C=C\C/C=C\C/C=C\CCCCCCCCCCCCCCC(=O)OCC(O)COP(=O)(O)OCC(O)COP(=O)(O)OCC(COC(=O)CCCCCCCCCCCC/C=C\C/C=C\C/C=C\C/C=C\C/C=C\C/C=C\CC)OC(=O)CCCCCCC/C=C\CCCCCCCC. The van der Waals surface area contributed by atoms with Gasteiger partial charge in [-0.05, 0) is 148 Å². The third-order valence-electron chi connectivity index (χ3n) is 18.2. The van der Waals surface area contributed by atoms with E-state index >= 15 is 0 Å². The Balaban J connectivity index is 4.52. The Kier molecular flexibility index (Phi) is 80.9. The van der Waals surface area contributed by atoms with E-state index in [1.165, 1.54) is 122 Å². The number of phosphoric ester groups is 2. The van der Waals surface area contributed by atoms with Crippen molar-refractivity contribution in [2.24, 2.45) is 0 Å². The number of unbranched alkanes of at least 4 members (excludes halogenated alkanes) is 33. The molecule has 0 rings (SSSR count). The molecule has 0 spiro atoms. The molecular formula is C93H158O16P2. The molecule has 4 N–H and O–H groups in total. The summed E-state index contributed by atoms with van der Waals surface area (Å²) in [7, 11) is -9.80. The van der Waals surface area contributed by atoms with Crippen LogP contribution in [0.25, 0.3) is 0 Å². The molecule has 18 heteroatoms. The highest BCUT2D eigenvalue weighted by atomic mass is 31.2. The highest BCUT2D eigenvalue weighted by Gasteiger charge is 2.29. The van der Waals surface area contributed by atoms with Gasteiger partial charge in [-0.15, -0.1) is 0 Å². The summed E-state index contributed by atoms with van der Waals surface area (Å²) in [5, 5.41) is 20.7. The van der Waals surface area contributed by atoms with Gasteiger partial charge in [-0.25, -0.2) is 9.13 Å². The first kappa shape index (κ1) is 106. The summed E-state index contributed by atoms with van der Waals surface area (Å²) in [6.45, 7) is 2.46. The molecule has 0 aliphatic heterocycles. The molecule has 0 radical (unpaired) electrons. The van der Waals surface area contributed by atoms with Crippen molar-refractivity contribution in [3.63, 3.8) is 0 Å². The first-order chi connectivity index (χ1) is 54.2. The van der Waals surface area contributed by atoms with Crippen LogP contribution < -0.4 is 0 Å². The molecule has 0 saturated carbocycles. The fourth-order valence-electron chi connectivity index (χ4n) is 11.6. The third kappa shape index (κ3) is 85.9. The maximum absolute atomic E-state index is 13.0. The van der Waals surface area contributed by atoms with Crippen molar-refractivity contribution in [3.8, 4) is 0 Å². The maximum atomic E-state index is 13.0. The Labute approximate surface area is 676 Å². The maximum Gasteiger partial charge on any atom is 0.472 e. The predicted octanol–water partition coefficient (Wildman–Crippen LogP) is 26.5. The number of hydrogen-bond donors (Lipinski definition) is 4. The van der Waals surface area contributed by atoms with Gasteiger partial charge in [0.15, 0.2) is 6.10 Å². The monoisotopic (exact) mass is 1590 g/mol. The van der Waals surface area contributed by atoms with E-state index in [4.69, 9.17) is 32.3 Å². The van der Waals surface area contributed by atoms with Crippen LogP contribution in [0.2, 0.25) is 0 Å². The number of esters is 3. The molecule has 636 valence electrons. The molecule has 0 heterocycles. The molecule has 0 bridgehead atoms.